The van der Waals surface area contributed by atoms with Crippen LogP contribution in [-0.4, -0.2) is 29.6 Å². The van der Waals surface area contributed by atoms with E-state index in [-0.39, 0.29) is 18.3 Å². The van der Waals surface area contributed by atoms with Crippen molar-refractivity contribution in [3.63, 3.8) is 0 Å². The zero-order valence-corrected chi connectivity index (χ0v) is 8.73. The summed E-state index contributed by atoms with van der Waals surface area (Å²) in [6.45, 7) is 3.31. The summed E-state index contributed by atoms with van der Waals surface area (Å²) in [6, 6.07) is 0. The Morgan fingerprint density at radius 3 is 2.71 bits per heavy atom. The fourth-order valence-corrected chi connectivity index (χ4v) is 1.02. The highest BCUT2D eigenvalue weighted by molar-refractivity contribution is 5.91. The number of carbonyl (C=O) groups excluding carboxylic acids is 2. The molecule has 1 aliphatic heterocycles. The average molecular weight is 238 g/mol. The van der Waals surface area contributed by atoms with Crippen molar-refractivity contribution in [1.29, 1.82) is 0 Å². The molecule has 90 valence electrons. The summed E-state index contributed by atoms with van der Waals surface area (Å²) in [5.41, 5.74) is 0.357. The highest BCUT2D eigenvalue weighted by Crippen LogP contribution is 2.00. The Labute approximate surface area is 96.4 Å². The highest BCUT2D eigenvalue weighted by Gasteiger charge is 2.12. The van der Waals surface area contributed by atoms with E-state index in [2.05, 4.69) is 21.9 Å². The quantitative estimate of drug-likeness (QED) is 0.439. The monoisotopic (exact) mass is 238 g/mol. The molecule has 1 amide bonds. The molecule has 0 saturated carbocycles. The molecule has 7 nitrogen and oxygen atoms in total. The Balaban J connectivity index is 2.46. The normalized spacial score (nSPS) is 14.9. The highest BCUT2D eigenvalue weighted by atomic mass is 16.5. The Morgan fingerprint density at radius 1 is 1.41 bits per heavy atom. The van der Waals surface area contributed by atoms with Crippen molar-refractivity contribution in [2.75, 3.05) is 6.61 Å². The molecule has 0 aromatic heterocycles. The van der Waals surface area contributed by atoms with Crippen molar-refractivity contribution in [3.8, 4) is 0 Å². The van der Waals surface area contributed by atoms with Gasteiger partial charge in [0.05, 0.1) is 5.70 Å². The minimum Gasteiger partial charge on any atom is -0.478 e. The van der Waals surface area contributed by atoms with Gasteiger partial charge in [-0.2, -0.15) is 0 Å². The second-order valence-electron chi connectivity index (χ2n) is 3.04. The molecule has 0 saturated heterocycles. The Bertz CT molecular complexity index is 436. The molecule has 3 N–H and O–H groups in total. The van der Waals surface area contributed by atoms with Crippen LogP contribution in [-0.2, 0) is 19.1 Å². The van der Waals surface area contributed by atoms with E-state index in [4.69, 9.17) is 5.11 Å². The second-order valence-corrected chi connectivity index (χ2v) is 3.04. The van der Waals surface area contributed by atoms with Gasteiger partial charge in [0.15, 0.2) is 0 Å². The largest absolute Gasteiger partial charge is 0.478 e. The molecular formula is C10H10N2O5. The number of carboxylic acid groups (broad SMARTS) is 1. The van der Waals surface area contributed by atoms with E-state index in [1.807, 2.05) is 0 Å². The van der Waals surface area contributed by atoms with Gasteiger partial charge in [-0.05, 0) is 0 Å². The van der Waals surface area contributed by atoms with Gasteiger partial charge < -0.3 is 20.5 Å². The number of amides is 1. The van der Waals surface area contributed by atoms with Crippen LogP contribution in [0.4, 0.5) is 0 Å². The van der Waals surface area contributed by atoms with Gasteiger partial charge in [-0.15, -0.1) is 0 Å². The van der Waals surface area contributed by atoms with Crippen molar-refractivity contribution in [2.24, 2.45) is 0 Å². The summed E-state index contributed by atoms with van der Waals surface area (Å²) in [5, 5.41) is 13.3. The van der Waals surface area contributed by atoms with E-state index in [0.717, 1.165) is 6.08 Å². The number of hydrogen-bond acceptors (Lipinski definition) is 5. The molecule has 0 aromatic carbocycles. The molecule has 0 radical (unpaired) electrons. The summed E-state index contributed by atoms with van der Waals surface area (Å²) >= 11 is 0. The van der Waals surface area contributed by atoms with Crippen LogP contribution in [0.1, 0.15) is 0 Å². The maximum atomic E-state index is 11.0. The van der Waals surface area contributed by atoms with Crippen molar-refractivity contribution in [3.05, 3.63) is 36.3 Å². The summed E-state index contributed by atoms with van der Waals surface area (Å²) in [4.78, 5) is 32.1. The lowest BCUT2D eigenvalue weighted by atomic mass is 10.3. The number of esters is 1. The molecular weight excluding hydrogens is 228 g/mol. The lowest BCUT2D eigenvalue weighted by Crippen LogP contribution is -2.36. The van der Waals surface area contributed by atoms with E-state index in [0.29, 0.717) is 11.8 Å². The number of ether oxygens (including phenoxy) is 1. The molecule has 0 bridgehead atoms. The van der Waals surface area contributed by atoms with Crippen LogP contribution in [0.25, 0.3) is 0 Å². The summed E-state index contributed by atoms with van der Waals surface area (Å²) in [7, 11) is 0. The first-order valence-corrected chi connectivity index (χ1v) is 4.52. The first-order chi connectivity index (χ1) is 7.97. The Morgan fingerprint density at radius 2 is 2.12 bits per heavy atom. The van der Waals surface area contributed by atoms with Crippen LogP contribution in [0.5, 0.6) is 0 Å². The predicted molar refractivity (Wildman–Crippen MR) is 56.2 cm³/mol. The average Bonchev–Trinajstić information content (AvgIpc) is 2.22. The number of hydrogen-bond donors (Lipinski definition) is 3. The van der Waals surface area contributed by atoms with Crippen LogP contribution < -0.4 is 10.6 Å². The van der Waals surface area contributed by atoms with Crippen LogP contribution in [0.15, 0.2) is 36.3 Å². The molecule has 0 aromatic rings. The molecule has 0 aliphatic carbocycles. The van der Waals surface area contributed by atoms with Gasteiger partial charge in [0, 0.05) is 18.2 Å². The first-order valence-electron chi connectivity index (χ1n) is 4.52. The SMILES string of the molecule is C=C1NC(=O)C=C(COC(=O)/C=C/C(=O)O)N1. The van der Waals surface area contributed by atoms with Gasteiger partial charge >= 0.3 is 11.9 Å². The van der Waals surface area contributed by atoms with Crippen molar-refractivity contribution in [2.45, 2.75) is 0 Å². The molecule has 1 aliphatic rings. The predicted octanol–water partition coefficient (Wildman–Crippen LogP) is -0.755. The minimum atomic E-state index is -1.25. The fraction of sp³-hybridized carbons (Fsp3) is 0.100. The number of aliphatic carboxylic acids is 1. The molecule has 7 heteroatoms. The molecule has 0 unspecified atom stereocenters. The summed E-state index contributed by atoms with van der Waals surface area (Å²) < 4.78 is 4.69. The third-order valence-electron chi connectivity index (χ3n) is 1.62. The summed E-state index contributed by atoms with van der Waals surface area (Å²) in [5.74, 6) is -2.15. The van der Waals surface area contributed by atoms with Crippen LogP contribution in [0.2, 0.25) is 0 Å². The third kappa shape index (κ3) is 4.65. The number of carboxylic acids is 1. The maximum absolute atomic E-state index is 11.0. The van der Waals surface area contributed by atoms with Crippen molar-refractivity contribution < 1.29 is 24.2 Å². The first kappa shape index (κ1) is 12.5. The minimum absolute atomic E-state index is 0.171. The van der Waals surface area contributed by atoms with Crippen LogP contribution >= 0.6 is 0 Å². The van der Waals surface area contributed by atoms with Gasteiger partial charge in [-0.1, -0.05) is 6.58 Å². The number of carbonyl (C=O) groups is 3. The number of rotatable bonds is 4. The van der Waals surface area contributed by atoms with Gasteiger partial charge in [0.1, 0.15) is 12.4 Å². The van der Waals surface area contributed by atoms with Crippen molar-refractivity contribution >= 4 is 17.8 Å². The lowest BCUT2D eigenvalue weighted by molar-refractivity contribution is -0.138. The van der Waals surface area contributed by atoms with Gasteiger partial charge in [0.25, 0.3) is 5.91 Å². The van der Waals surface area contributed by atoms with Gasteiger partial charge in [-0.3, -0.25) is 4.79 Å². The van der Waals surface area contributed by atoms with E-state index in [9.17, 15) is 14.4 Å². The standard InChI is InChI=1S/C10H10N2O5/c1-6-11-7(4-8(13)12-6)5-17-10(16)3-2-9(14)15/h2-4,11H,1,5H2,(H,12,13)(H,14,15)/b3-2+. The Hall–Kier alpha value is -2.57. The van der Waals surface area contributed by atoms with Crippen LogP contribution in [0, 0.1) is 0 Å². The zero-order valence-electron chi connectivity index (χ0n) is 8.73. The molecule has 0 fully saturated rings. The number of nitrogens with one attached hydrogen (secondary N) is 2. The van der Waals surface area contributed by atoms with Crippen LogP contribution in [0.3, 0.4) is 0 Å². The second kappa shape index (κ2) is 5.50. The molecule has 0 spiro atoms. The molecule has 1 heterocycles. The van der Waals surface area contributed by atoms with E-state index < -0.39 is 11.9 Å². The Kier molecular flexibility index (Phi) is 4.04. The van der Waals surface area contributed by atoms with E-state index >= 15 is 0 Å². The zero-order chi connectivity index (χ0) is 12.8. The third-order valence-corrected chi connectivity index (χ3v) is 1.62. The molecule has 17 heavy (non-hydrogen) atoms. The lowest BCUT2D eigenvalue weighted by Gasteiger charge is -2.17. The topological polar surface area (TPSA) is 105 Å². The smallest absolute Gasteiger partial charge is 0.331 e. The molecule has 0 atom stereocenters. The van der Waals surface area contributed by atoms with Gasteiger partial charge in [-0.25, -0.2) is 9.59 Å². The fourth-order valence-electron chi connectivity index (χ4n) is 1.02. The van der Waals surface area contributed by atoms with E-state index in [1.165, 1.54) is 6.08 Å². The van der Waals surface area contributed by atoms with Gasteiger partial charge in [0.2, 0.25) is 0 Å². The van der Waals surface area contributed by atoms with E-state index in [1.54, 1.807) is 0 Å². The maximum Gasteiger partial charge on any atom is 0.331 e. The molecule has 1 rings (SSSR count). The van der Waals surface area contributed by atoms with Crippen molar-refractivity contribution in [1.82, 2.24) is 10.6 Å². The summed E-state index contributed by atoms with van der Waals surface area (Å²) in [6.07, 6.45) is 2.65.